The number of anilines is 1. The van der Waals surface area contributed by atoms with Crippen molar-refractivity contribution < 1.29 is 18.8 Å². The van der Waals surface area contributed by atoms with Crippen LogP contribution in [0.25, 0.3) is 0 Å². The first-order chi connectivity index (χ1) is 11.9. The van der Waals surface area contributed by atoms with Gasteiger partial charge in [-0.05, 0) is 26.7 Å². The van der Waals surface area contributed by atoms with Crippen molar-refractivity contribution in [3.63, 3.8) is 0 Å². The topological polar surface area (TPSA) is 96.7 Å². The molecule has 0 bridgehead atoms. The molecule has 1 unspecified atom stereocenters. The molecule has 3 rings (SSSR count). The number of ether oxygens (including phenoxy) is 1. The normalized spacial score (nSPS) is 25.0. The van der Waals surface area contributed by atoms with Crippen molar-refractivity contribution in [2.75, 3.05) is 31.6 Å². The number of nitrogens with zero attached hydrogens (tertiary/aromatic N) is 2. The standard InChI is InChI=1S/C17H26N4O4/c1-12-9-14(20-25-12)19-15(22)10-21-7-8-24-17(2,11-21)16(23)18-13-5-3-4-6-13/h9,13H,3-8,10-11H2,1-2H3,(H,18,23)(H,19,20,22). The maximum absolute atomic E-state index is 12.6. The molecule has 2 N–H and O–H groups in total. The third kappa shape index (κ3) is 4.58. The molecule has 1 aliphatic heterocycles. The van der Waals surface area contributed by atoms with E-state index in [0.29, 0.717) is 31.3 Å². The Morgan fingerprint density at radius 1 is 1.40 bits per heavy atom. The van der Waals surface area contributed by atoms with Crippen molar-refractivity contribution in [2.24, 2.45) is 0 Å². The Bertz CT molecular complexity index is 626. The van der Waals surface area contributed by atoms with Gasteiger partial charge in [-0.1, -0.05) is 18.0 Å². The Morgan fingerprint density at radius 2 is 2.16 bits per heavy atom. The highest BCUT2D eigenvalue weighted by Gasteiger charge is 2.40. The summed E-state index contributed by atoms with van der Waals surface area (Å²) in [5, 5.41) is 9.54. The smallest absolute Gasteiger partial charge is 0.253 e. The Hall–Kier alpha value is -1.93. The fourth-order valence-electron chi connectivity index (χ4n) is 3.44. The monoisotopic (exact) mass is 350 g/mol. The molecule has 0 radical (unpaired) electrons. The number of morpholine rings is 1. The van der Waals surface area contributed by atoms with Crippen molar-refractivity contribution in [1.82, 2.24) is 15.4 Å². The SMILES string of the molecule is Cc1cc(NC(=O)CN2CCOC(C)(C(=O)NC3CCCC3)C2)no1. The van der Waals surface area contributed by atoms with Gasteiger partial charge in [-0.25, -0.2) is 0 Å². The van der Waals surface area contributed by atoms with E-state index in [9.17, 15) is 9.59 Å². The minimum atomic E-state index is -0.925. The summed E-state index contributed by atoms with van der Waals surface area (Å²) in [5.74, 6) is 0.765. The Balaban J connectivity index is 1.52. The fraction of sp³-hybridized carbons (Fsp3) is 0.706. The molecule has 1 saturated carbocycles. The second-order valence-electron chi connectivity index (χ2n) is 7.12. The van der Waals surface area contributed by atoms with E-state index in [4.69, 9.17) is 9.26 Å². The second-order valence-corrected chi connectivity index (χ2v) is 7.12. The first kappa shape index (κ1) is 17.9. The molecule has 2 heterocycles. The summed E-state index contributed by atoms with van der Waals surface area (Å²) in [5.41, 5.74) is -0.925. The minimum absolute atomic E-state index is 0.0864. The van der Waals surface area contributed by atoms with Crippen LogP contribution in [0.1, 0.15) is 38.4 Å². The van der Waals surface area contributed by atoms with E-state index in [2.05, 4.69) is 15.8 Å². The lowest BCUT2D eigenvalue weighted by molar-refractivity contribution is -0.158. The van der Waals surface area contributed by atoms with Gasteiger partial charge in [0.2, 0.25) is 5.91 Å². The number of rotatable bonds is 5. The van der Waals surface area contributed by atoms with Crippen molar-refractivity contribution in [3.05, 3.63) is 11.8 Å². The molecule has 138 valence electrons. The summed E-state index contributed by atoms with van der Waals surface area (Å²) in [7, 11) is 0. The van der Waals surface area contributed by atoms with Crippen LogP contribution in [0.5, 0.6) is 0 Å². The van der Waals surface area contributed by atoms with Crippen molar-refractivity contribution in [1.29, 1.82) is 0 Å². The predicted molar refractivity (Wildman–Crippen MR) is 91.1 cm³/mol. The van der Waals surface area contributed by atoms with E-state index in [1.54, 1.807) is 19.9 Å². The van der Waals surface area contributed by atoms with Crippen LogP contribution in [-0.2, 0) is 14.3 Å². The zero-order chi connectivity index (χ0) is 17.9. The third-order valence-electron chi connectivity index (χ3n) is 4.79. The molecule has 0 aromatic carbocycles. The second kappa shape index (κ2) is 7.53. The largest absolute Gasteiger partial charge is 0.363 e. The van der Waals surface area contributed by atoms with Crippen LogP contribution < -0.4 is 10.6 Å². The van der Waals surface area contributed by atoms with Gasteiger partial charge < -0.3 is 19.9 Å². The lowest BCUT2D eigenvalue weighted by Crippen LogP contribution is -2.60. The van der Waals surface area contributed by atoms with Crippen LogP contribution in [0.4, 0.5) is 5.82 Å². The van der Waals surface area contributed by atoms with E-state index in [1.165, 1.54) is 0 Å². The number of aromatic nitrogens is 1. The highest BCUT2D eigenvalue weighted by Crippen LogP contribution is 2.22. The van der Waals surface area contributed by atoms with Gasteiger partial charge in [0.1, 0.15) is 5.76 Å². The maximum Gasteiger partial charge on any atom is 0.253 e. The van der Waals surface area contributed by atoms with Gasteiger partial charge in [0.15, 0.2) is 11.4 Å². The summed E-state index contributed by atoms with van der Waals surface area (Å²) in [6.45, 7) is 5.16. The molecule has 8 nitrogen and oxygen atoms in total. The quantitative estimate of drug-likeness (QED) is 0.825. The first-order valence-electron chi connectivity index (χ1n) is 8.85. The molecule has 25 heavy (non-hydrogen) atoms. The van der Waals surface area contributed by atoms with E-state index in [0.717, 1.165) is 25.7 Å². The number of aryl methyl sites for hydroxylation is 1. The molecule has 1 saturated heterocycles. The Kier molecular flexibility index (Phi) is 5.39. The first-order valence-corrected chi connectivity index (χ1v) is 8.85. The number of hydrogen-bond acceptors (Lipinski definition) is 6. The van der Waals surface area contributed by atoms with E-state index >= 15 is 0 Å². The van der Waals surface area contributed by atoms with Crippen LogP contribution in [0.15, 0.2) is 10.6 Å². The van der Waals surface area contributed by atoms with Gasteiger partial charge >= 0.3 is 0 Å². The van der Waals surface area contributed by atoms with Gasteiger partial charge in [-0.15, -0.1) is 0 Å². The molecule has 2 fully saturated rings. The Labute approximate surface area is 147 Å². The summed E-state index contributed by atoms with van der Waals surface area (Å²) in [4.78, 5) is 26.7. The highest BCUT2D eigenvalue weighted by atomic mass is 16.5. The van der Waals surface area contributed by atoms with E-state index < -0.39 is 5.60 Å². The molecule has 8 heteroatoms. The number of amides is 2. The van der Waals surface area contributed by atoms with Gasteiger partial charge in [-0.3, -0.25) is 14.5 Å². The number of carbonyl (C=O) groups excluding carboxylic acids is 2. The average molecular weight is 350 g/mol. The van der Waals surface area contributed by atoms with Crippen LogP contribution in [0.3, 0.4) is 0 Å². The lowest BCUT2D eigenvalue weighted by atomic mass is 10.0. The molecular weight excluding hydrogens is 324 g/mol. The summed E-state index contributed by atoms with van der Waals surface area (Å²) in [6, 6.07) is 1.91. The molecule has 0 spiro atoms. The zero-order valence-electron chi connectivity index (χ0n) is 14.8. The summed E-state index contributed by atoms with van der Waals surface area (Å²) < 4.78 is 10.7. The number of nitrogens with one attached hydrogen (secondary N) is 2. The van der Waals surface area contributed by atoms with E-state index in [-0.39, 0.29) is 24.4 Å². The van der Waals surface area contributed by atoms with Crippen molar-refractivity contribution in [3.8, 4) is 0 Å². The van der Waals surface area contributed by atoms with Crippen molar-refractivity contribution in [2.45, 2.75) is 51.2 Å². The van der Waals surface area contributed by atoms with Crippen molar-refractivity contribution >= 4 is 17.6 Å². The van der Waals surface area contributed by atoms with Crippen LogP contribution in [0, 0.1) is 6.92 Å². The number of hydrogen-bond donors (Lipinski definition) is 2. The molecule has 1 atom stereocenters. The van der Waals surface area contributed by atoms with Crippen LogP contribution >= 0.6 is 0 Å². The molecule has 1 aromatic heterocycles. The Morgan fingerprint density at radius 3 is 2.84 bits per heavy atom. The molecule has 1 aliphatic carbocycles. The van der Waals surface area contributed by atoms with Gasteiger partial charge in [-0.2, -0.15) is 0 Å². The van der Waals surface area contributed by atoms with Crippen LogP contribution in [-0.4, -0.2) is 59.8 Å². The number of carbonyl (C=O) groups is 2. The predicted octanol–water partition coefficient (Wildman–Crippen LogP) is 1.07. The van der Waals surface area contributed by atoms with E-state index in [1.807, 2.05) is 4.90 Å². The maximum atomic E-state index is 12.6. The fourth-order valence-corrected chi connectivity index (χ4v) is 3.44. The molecule has 2 aliphatic rings. The molecule has 1 aromatic rings. The minimum Gasteiger partial charge on any atom is -0.363 e. The van der Waals surface area contributed by atoms with Crippen LogP contribution in [0.2, 0.25) is 0 Å². The molecular formula is C17H26N4O4. The van der Waals surface area contributed by atoms with Gasteiger partial charge in [0.05, 0.1) is 13.2 Å². The zero-order valence-corrected chi connectivity index (χ0v) is 14.8. The lowest BCUT2D eigenvalue weighted by Gasteiger charge is -2.39. The summed E-state index contributed by atoms with van der Waals surface area (Å²) >= 11 is 0. The van der Waals surface area contributed by atoms with Gasteiger partial charge in [0.25, 0.3) is 5.91 Å². The highest BCUT2D eigenvalue weighted by molar-refractivity contribution is 5.91. The summed E-state index contributed by atoms with van der Waals surface area (Å²) in [6.07, 6.45) is 4.39. The third-order valence-corrected chi connectivity index (χ3v) is 4.79. The molecule has 2 amide bonds. The average Bonchev–Trinajstić information content (AvgIpc) is 3.19. The van der Waals surface area contributed by atoms with Gasteiger partial charge in [0, 0.05) is 25.2 Å².